The molecule has 1 saturated heterocycles. The van der Waals surface area contributed by atoms with Gasteiger partial charge in [0.15, 0.2) is 0 Å². The van der Waals surface area contributed by atoms with E-state index in [1.54, 1.807) is 0 Å². The molecule has 14 heavy (non-hydrogen) atoms. The number of rotatable bonds is 6. The third-order valence-electron chi connectivity index (χ3n) is 2.93. The van der Waals surface area contributed by atoms with Crippen LogP contribution in [0.4, 0.5) is 0 Å². The number of hydroxylamine groups is 2. The van der Waals surface area contributed by atoms with Gasteiger partial charge in [-0.15, -0.1) is 0 Å². The van der Waals surface area contributed by atoms with Crippen molar-refractivity contribution in [3.63, 3.8) is 0 Å². The molecular formula is C11H23NO2. The van der Waals surface area contributed by atoms with Gasteiger partial charge in [-0.3, -0.25) is 9.68 Å². The Kier molecular flexibility index (Phi) is 5.45. The number of unbranched alkanes of at least 4 members (excludes halogenated alkanes) is 2. The molecule has 3 nitrogen and oxygen atoms in total. The average Bonchev–Trinajstić information content (AvgIpc) is 2.60. The van der Waals surface area contributed by atoms with Crippen LogP contribution >= 0.6 is 0 Å². The van der Waals surface area contributed by atoms with Crippen LogP contribution in [0.25, 0.3) is 0 Å². The molecule has 0 aliphatic carbocycles. The molecule has 1 aliphatic rings. The number of hydrogen-bond donors (Lipinski definition) is 0. The summed E-state index contributed by atoms with van der Waals surface area (Å²) in [5.74, 6) is 0.659. The summed E-state index contributed by atoms with van der Waals surface area (Å²) < 4.78 is 0. The van der Waals surface area contributed by atoms with Gasteiger partial charge in [0.1, 0.15) is 6.10 Å². The quantitative estimate of drug-likeness (QED) is 0.617. The largest absolute Gasteiger partial charge is 0.272 e. The van der Waals surface area contributed by atoms with E-state index in [9.17, 15) is 0 Å². The summed E-state index contributed by atoms with van der Waals surface area (Å²) in [4.78, 5) is 10.8. The summed E-state index contributed by atoms with van der Waals surface area (Å²) in [7, 11) is 1.82. The minimum absolute atomic E-state index is 0.279. The second-order valence-electron chi connectivity index (χ2n) is 4.04. The minimum atomic E-state index is 0.279. The standard InChI is InChI=1S/C11H23NO2/c1-4-6-7-8-10(5-2)11-9-13-12(3)14-11/h10-11H,4-9H2,1-3H3. The first-order valence-corrected chi connectivity index (χ1v) is 5.81. The van der Waals surface area contributed by atoms with Crippen molar-refractivity contribution in [2.45, 2.75) is 52.1 Å². The minimum Gasteiger partial charge on any atom is -0.272 e. The van der Waals surface area contributed by atoms with Crippen molar-refractivity contribution >= 4 is 0 Å². The third kappa shape index (κ3) is 3.56. The maximum atomic E-state index is 5.56. The Morgan fingerprint density at radius 3 is 2.64 bits per heavy atom. The SMILES string of the molecule is CCCCCC(CC)C1CON(C)O1. The predicted octanol–water partition coefficient (Wildman–Crippen LogP) is 2.77. The van der Waals surface area contributed by atoms with E-state index < -0.39 is 0 Å². The fraction of sp³-hybridized carbons (Fsp3) is 1.00. The number of hydrogen-bond acceptors (Lipinski definition) is 3. The lowest BCUT2D eigenvalue weighted by Gasteiger charge is -2.19. The zero-order chi connectivity index (χ0) is 10.4. The summed E-state index contributed by atoms with van der Waals surface area (Å²) in [5.41, 5.74) is 0. The van der Waals surface area contributed by atoms with E-state index in [1.807, 2.05) is 7.05 Å². The van der Waals surface area contributed by atoms with Crippen molar-refractivity contribution in [2.75, 3.05) is 13.7 Å². The molecule has 2 unspecified atom stereocenters. The van der Waals surface area contributed by atoms with E-state index in [2.05, 4.69) is 13.8 Å². The van der Waals surface area contributed by atoms with Crippen LogP contribution in [0.15, 0.2) is 0 Å². The van der Waals surface area contributed by atoms with Crippen LogP contribution in [-0.2, 0) is 9.68 Å². The Morgan fingerprint density at radius 2 is 2.14 bits per heavy atom. The van der Waals surface area contributed by atoms with Crippen LogP contribution in [0.5, 0.6) is 0 Å². The third-order valence-corrected chi connectivity index (χ3v) is 2.93. The first kappa shape index (κ1) is 12.0. The highest BCUT2D eigenvalue weighted by molar-refractivity contribution is 4.70. The van der Waals surface area contributed by atoms with Crippen LogP contribution in [0.2, 0.25) is 0 Å². The lowest BCUT2D eigenvalue weighted by atomic mass is 9.93. The molecule has 1 aliphatic heterocycles. The van der Waals surface area contributed by atoms with Gasteiger partial charge in [-0.05, 0) is 12.3 Å². The maximum absolute atomic E-state index is 5.56. The summed E-state index contributed by atoms with van der Waals surface area (Å²) >= 11 is 0. The van der Waals surface area contributed by atoms with E-state index >= 15 is 0 Å². The number of nitrogens with zero attached hydrogens (tertiary/aromatic N) is 1. The molecule has 0 bridgehead atoms. The molecule has 0 aromatic rings. The first-order chi connectivity index (χ1) is 6.77. The van der Waals surface area contributed by atoms with Crippen molar-refractivity contribution in [2.24, 2.45) is 5.92 Å². The molecular weight excluding hydrogens is 178 g/mol. The van der Waals surface area contributed by atoms with Gasteiger partial charge in [-0.2, -0.15) is 0 Å². The Balaban J connectivity index is 2.23. The summed E-state index contributed by atoms with van der Waals surface area (Å²) in [6, 6.07) is 0. The van der Waals surface area contributed by atoms with Crippen LogP contribution in [-0.4, -0.2) is 25.0 Å². The van der Waals surface area contributed by atoms with Gasteiger partial charge < -0.3 is 0 Å². The van der Waals surface area contributed by atoms with Crippen LogP contribution in [0.1, 0.15) is 46.0 Å². The van der Waals surface area contributed by atoms with Crippen molar-refractivity contribution < 1.29 is 9.68 Å². The van der Waals surface area contributed by atoms with E-state index in [0.717, 1.165) is 6.61 Å². The molecule has 0 aromatic heterocycles. The Bertz CT molecular complexity index is 152. The summed E-state index contributed by atoms with van der Waals surface area (Å²) in [6.07, 6.45) is 6.68. The topological polar surface area (TPSA) is 21.7 Å². The Morgan fingerprint density at radius 1 is 1.36 bits per heavy atom. The molecule has 0 amide bonds. The molecule has 3 heteroatoms. The van der Waals surface area contributed by atoms with Crippen molar-refractivity contribution in [1.29, 1.82) is 0 Å². The van der Waals surface area contributed by atoms with E-state index in [1.165, 1.54) is 37.3 Å². The molecule has 2 atom stereocenters. The fourth-order valence-corrected chi connectivity index (χ4v) is 1.96. The zero-order valence-corrected chi connectivity index (χ0v) is 9.66. The molecule has 1 rings (SSSR count). The van der Waals surface area contributed by atoms with Crippen molar-refractivity contribution in [3.05, 3.63) is 0 Å². The molecule has 1 fully saturated rings. The Hall–Kier alpha value is -0.120. The molecule has 84 valence electrons. The highest BCUT2D eigenvalue weighted by Crippen LogP contribution is 2.24. The molecule has 0 saturated carbocycles. The van der Waals surface area contributed by atoms with Crippen molar-refractivity contribution in [3.8, 4) is 0 Å². The summed E-state index contributed by atoms with van der Waals surface area (Å²) in [5, 5.41) is 1.49. The van der Waals surface area contributed by atoms with Gasteiger partial charge in [0, 0.05) is 7.05 Å². The van der Waals surface area contributed by atoms with Gasteiger partial charge >= 0.3 is 0 Å². The predicted molar refractivity (Wildman–Crippen MR) is 56.5 cm³/mol. The zero-order valence-electron chi connectivity index (χ0n) is 9.66. The molecule has 0 spiro atoms. The second-order valence-corrected chi connectivity index (χ2v) is 4.04. The first-order valence-electron chi connectivity index (χ1n) is 5.81. The lowest BCUT2D eigenvalue weighted by Crippen LogP contribution is -2.23. The normalized spacial score (nSPS) is 25.5. The lowest BCUT2D eigenvalue weighted by molar-refractivity contribution is -0.293. The second kappa shape index (κ2) is 6.38. The average molecular weight is 201 g/mol. The summed E-state index contributed by atoms with van der Waals surface area (Å²) in [6.45, 7) is 5.20. The van der Waals surface area contributed by atoms with Crippen LogP contribution in [0, 0.1) is 5.92 Å². The molecule has 0 radical (unpaired) electrons. The highest BCUT2D eigenvalue weighted by Gasteiger charge is 2.28. The van der Waals surface area contributed by atoms with Crippen LogP contribution in [0.3, 0.4) is 0 Å². The van der Waals surface area contributed by atoms with E-state index in [0.29, 0.717) is 5.92 Å². The highest BCUT2D eigenvalue weighted by atomic mass is 17.0. The van der Waals surface area contributed by atoms with Gasteiger partial charge in [0.05, 0.1) is 6.61 Å². The fourth-order valence-electron chi connectivity index (χ4n) is 1.96. The van der Waals surface area contributed by atoms with Gasteiger partial charge in [-0.1, -0.05) is 44.8 Å². The van der Waals surface area contributed by atoms with Crippen molar-refractivity contribution in [1.82, 2.24) is 5.23 Å². The monoisotopic (exact) mass is 201 g/mol. The Labute approximate surface area is 87.3 Å². The van der Waals surface area contributed by atoms with Gasteiger partial charge in [0.2, 0.25) is 0 Å². The molecule has 0 aromatic carbocycles. The maximum Gasteiger partial charge on any atom is 0.110 e. The van der Waals surface area contributed by atoms with Gasteiger partial charge in [0.25, 0.3) is 0 Å². The smallest absolute Gasteiger partial charge is 0.110 e. The van der Waals surface area contributed by atoms with E-state index in [4.69, 9.17) is 9.68 Å². The van der Waals surface area contributed by atoms with Gasteiger partial charge in [-0.25, -0.2) is 0 Å². The molecule has 0 N–H and O–H groups in total. The van der Waals surface area contributed by atoms with Crippen LogP contribution < -0.4 is 0 Å². The van der Waals surface area contributed by atoms with E-state index in [-0.39, 0.29) is 6.10 Å². The molecule has 1 heterocycles.